The summed E-state index contributed by atoms with van der Waals surface area (Å²) in [5.74, 6) is 0.812. The zero-order chi connectivity index (χ0) is 20.4. The smallest absolute Gasteiger partial charge is 0.153 e. The molecule has 4 rings (SSSR count). The van der Waals surface area contributed by atoms with Gasteiger partial charge in [0.2, 0.25) is 0 Å². The highest BCUT2D eigenvalue weighted by molar-refractivity contribution is 6.30. The van der Waals surface area contributed by atoms with E-state index in [4.69, 9.17) is 16.6 Å². The van der Waals surface area contributed by atoms with E-state index in [1.165, 1.54) is 17.7 Å². The van der Waals surface area contributed by atoms with E-state index in [-0.39, 0.29) is 12.0 Å². The predicted molar refractivity (Wildman–Crippen MR) is 117 cm³/mol. The van der Waals surface area contributed by atoms with Crippen LogP contribution in [-0.4, -0.2) is 35.0 Å². The fourth-order valence-electron chi connectivity index (χ4n) is 3.95. The highest BCUT2D eigenvalue weighted by Crippen LogP contribution is 2.34. The second-order valence-corrected chi connectivity index (χ2v) is 7.92. The van der Waals surface area contributed by atoms with Gasteiger partial charge in [0.1, 0.15) is 17.7 Å². The van der Waals surface area contributed by atoms with Gasteiger partial charge in [-0.3, -0.25) is 0 Å². The summed E-state index contributed by atoms with van der Waals surface area (Å²) < 4.78 is 13.5. The zero-order valence-corrected chi connectivity index (χ0v) is 17.6. The quantitative estimate of drug-likeness (QED) is 0.628. The van der Waals surface area contributed by atoms with E-state index in [2.05, 4.69) is 46.9 Å². The number of benzene rings is 2. The number of halogens is 2. The van der Waals surface area contributed by atoms with Crippen molar-refractivity contribution in [2.24, 2.45) is 4.99 Å². The minimum Gasteiger partial charge on any atom is -0.353 e. The lowest BCUT2D eigenvalue weighted by Gasteiger charge is -2.38. The molecule has 0 radical (unpaired) electrons. The van der Waals surface area contributed by atoms with E-state index in [1.807, 2.05) is 24.3 Å². The number of anilines is 1. The van der Waals surface area contributed by atoms with Crippen LogP contribution in [0, 0.1) is 5.82 Å². The summed E-state index contributed by atoms with van der Waals surface area (Å²) in [4.78, 5) is 11.9. The van der Waals surface area contributed by atoms with Crippen LogP contribution in [-0.2, 0) is 6.54 Å². The third kappa shape index (κ3) is 4.10. The maximum Gasteiger partial charge on any atom is 0.153 e. The minimum absolute atomic E-state index is 0.0246. The van der Waals surface area contributed by atoms with Gasteiger partial charge >= 0.3 is 0 Å². The molecule has 2 aromatic rings. The lowest BCUT2D eigenvalue weighted by molar-refractivity contribution is 0.229. The minimum atomic E-state index is -0.225. The molecular weight excluding hydrogens is 387 g/mol. The summed E-state index contributed by atoms with van der Waals surface area (Å²) in [6.45, 7) is 6.86. The Balaban J connectivity index is 1.68. The molecule has 152 valence electrons. The van der Waals surface area contributed by atoms with Gasteiger partial charge in [-0.2, -0.15) is 0 Å². The van der Waals surface area contributed by atoms with Gasteiger partial charge in [-0.05, 0) is 54.8 Å². The summed E-state index contributed by atoms with van der Waals surface area (Å²) in [7, 11) is 0. The number of aliphatic imine (C=N–C) groups is 1. The molecule has 4 nitrogen and oxygen atoms in total. The molecule has 0 fully saturated rings. The van der Waals surface area contributed by atoms with Crippen LogP contribution in [0.25, 0.3) is 0 Å². The molecule has 0 N–H and O–H groups in total. The maximum absolute atomic E-state index is 13.5. The molecule has 0 bridgehead atoms. The summed E-state index contributed by atoms with van der Waals surface area (Å²) in [6, 6.07) is 14.7. The third-order valence-electron chi connectivity index (χ3n) is 5.28. The van der Waals surface area contributed by atoms with Crippen molar-refractivity contribution in [3.8, 4) is 0 Å². The first-order valence-electron chi connectivity index (χ1n) is 10.2. The molecule has 1 atom stereocenters. The van der Waals surface area contributed by atoms with E-state index in [0.717, 1.165) is 54.8 Å². The van der Waals surface area contributed by atoms with Crippen molar-refractivity contribution in [2.45, 2.75) is 39.4 Å². The Morgan fingerprint density at radius 1 is 1.07 bits per heavy atom. The number of fused-ring (bicyclic) bond motifs is 1. The second-order valence-electron chi connectivity index (χ2n) is 7.48. The van der Waals surface area contributed by atoms with Gasteiger partial charge in [0.05, 0.1) is 6.67 Å². The van der Waals surface area contributed by atoms with Gasteiger partial charge in [-0.25, -0.2) is 9.38 Å². The summed E-state index contributed by atoms with van der Waals surface area (Å²) >= 11 is 6.04. The average Bonchev–Trinajstić information content (AvgIpc) is 3.09. The Kier molecular flexibility index (Phi) is 5.76. The number of hydrogen-bond donors (Lipinski definition) is 0. The molecule has 0 amide bonds. The van der Waals surface area contributed by atoms with Crippen LogP contribution in [0.15, 0.2) is 65.4 Å². The molecule has 0 saturated heterocycles. The summed E-state index contributed by atoms with van der Waals surface area (Å²) in [5, 5.41) is 0.747. The van der Waals surface area contributed by atoms with Crippen LogP contribution in [0.1, 0.15) is 32.3 Å². The summed E-state index contributed by atoms with van der Waals surface area (Å²) in [6.07, 6.45) is 4.15. The molecule has 6 heteroatoms. The first-order chi connectivity index (χ1) is 14.1. The Bertz CT molecular complexity index is 907. The van der Waals surface area contributed by atoms with Crippen molar-refractivity contribution < 1.29 is 4.39 Å². The topological polar surface area (TPSA) is 22.1 Å². The Morgan fingerprint density at radius 2 is 1.79 bits per heavy atom. The fourth-order valence-corrected chi connectivity index (χ4v) is 4.08. The predicted octanol–water partition coefficient (Wildman–Crippen LogP) is 5.46. The van der Waals surface area contributed by atoms with Crippen LogP contribution in [0.4, 0.5) is 10.1 Å². The molecule has 1 unspecified atom stereocenters. The van der Waals surface area contributed by atoms with Crippen molar-refractivity contribution in [2.75, 3.05) is 18.1 Å². The molecule has 2 aromatic carbocycles. The number of hydrogen-bond acceptors (Lipinski definition) is 4. The van der Waals surface area contributed by atoms with Crippen LogP contribution in [0.2, 0.25) is 5.02 Å². The highest BCUT2D eigenvalue weighted by Gasteiger charge is 2.37. The van der Waals surface area contributed by atoms with Crippen molar-refractivity contribution in [1.29, 1.82) is 0 Å². The molecule has 0 aliphatic carbocycles. The first-order valence-corrected chi connectivity index (χ1v) is 10.5. The molecule has 0 spiro atoms. The zero-order valence-electron chi connectivity index (χ0n) is 16.9. The van der Waals surface area contributed by atoms with Gasteiger partial charge in [0.15, 0.2) is 5.84 Å². The monoisotopic (exact) mass is 412 g/mol. The number of rotatable bonds is 6. The maximum atomic E-state index is 13.5. The largest absolute Gasteiger partial charge is 0.353 e. The fraction of sp³-hybridized carbons (Fsp3) is 0.348. The second kappa shape index (κ2) is 8.46. The van der Waals surface area contributed by atoms with E-state index < -0.39 is 0 Å². The lowest BCUT2D eigenvalue weighted by Crippen LogP contribution is -2.46. The number of nitrogens with zero attached hydrogens (tertiary/aromatic N) is 4. The molecular formula is C23H26ClFN4. The van der Waals surface area contributed by atoms with Crippen molar-refractivity contribution in [3.05, 3.63) is 76.8 Å². The first kappa shape index (κ1) is 19.8. The summed E-state index contributed by atoms with van der Waals surface area (Å²) in [5.41, 5.74) is 3.26. The third-order valence-corrected chi connectivity index (χ3v) is 5.53. The van der Waals surface area contributed by atoms with E-state index >= 15 is 0 Å². The standard InChI is InChI=1S/C23H26ClFN4/c1-3-13-28-16-27(14-17-5-7-18(24)8-6-17)15-21-23(28)26-22(4-2)29(21)20-11-9-19(25)10-12-20/h5-12,15,22H,3-4,13-14,16H2,1-2H3. The van der Waals surface area contributed by atoms with E-state index in [1.54, 1.807) is 0 Å². The average molecular weight is 413 g/mol. The highest BCUT2D eigenvalue weighted by atomic mass is 35.5. The van der Waals surface area contributed by atoms with Crippen LogP contribution in [0.5, 0.6) is 0 Å². The molecule has 2 heterocycles. The van der Waals surface area contributed by atoms with Gasteiger partial charge in [0.25, 0.3) is 0 Å². The number of amidine groups is 1. The van der Waals surface area contributed by atoms with Gasteiger partial charge in [-0.15, -0.1) is 0 Å². The Hall–Kier alpha value is -2.53. The van der Waals surface area contributed by atoms with Crippen LogP contribution < -0.4 is 4.90 Å². The molecule has 2 aliphatic rings. The van der Waals surface area contributed by atoms with E-state index in [9.17, 15) is 4.39 Å². The Morgan fingerprint density at radius 3 is 2.45 bits per heavy atom. The van der Waals surface area contributed by atoms with Crippen molar-refractivity contribution >= 4 is 23.1 Å². The lowest BCUT2D eigenvalue weighted by atomic mass is 10.2. The Labute approximate surface area is 176 Å². The van der Waals surface area contributed by atoms with Gasteiger partial charge in [-0.1, -0.05) is 37.6 Å². The van der Waals surface area contributed by atoms with Crippen LogP contribution in [0.3, 0.4) is 0 Å². The normalized spacial score (nSPS) is 18.6. The van der Waals surface area contributed by atoms with Crippen molar-refractivity contribution in [1.82, 2.24) is 9.80 Å². The SMILES string of the molecule is CCCN1CN(Cc2ccc(Cl)cc2)C=C2C1=NC(CC)N2c1ccc(F)cc1. The molecule has 0 aromatic heterocycles. The van der Waals surface area contributed by atoms with Gasteiger partial charge in [0, 0.05) is 30.0 Å². The van der Waals surface area contributed by atoms with Crippen molar-refractivity contribution in [3.63, 3.8) is 0 Å². The molecule has 29 heavy (non-hydrogen) atoms. The molecule has 0 saturated carbocycles. The van der Waals surface area contributed by atoms with E-state index in [0.29, 0.717) is 0 Å². The van der Waals surface area contributed by atoms with Crippen LogP contribution >= 0.6 is 11.6 Å². The van der Waals surface area contributed by atoms with Gasteiger partial charge < -0.3 is 14.7 Å². The molecule has 2 aliphatic heterocycles.